The van der Waals surface area contributed by atoms with Crippen molar-refractivity contribution in [1.82, 2.24) is 5.32 Å². The zero-order valence-corrected chi connectivity index (χ0v) is 12.4. The molecule has 0 amide bonds. The number of rotatable bonds is 6. The van der Waals surface area contributed by atoms with Gasteiger partial charge in [0.25, 0.3) is 0 Å². The first-order valence-electron chi connectivity index (χ1n) is 7.30. The summed E-state index contributed by atoms with van der Waals surface area (Å²) in [7, 11) is 3.84. The summed E-state index contributed by atoms with van der Waals surface area (Å²) in [6, 6.07) is 9.23. The topological polar surface area (TPSA) is 24.5 Å². The van der Waals surface area contributed by atoms with Gasteiger partial charge < -0.3 is 15.0 Å². The van der Waals surface area contributed by atoms with Gasteiger partial charge in [0, 0.05) is 37.8 Å². The van der Waals surface area contributed by atoms with Gasteiger partial charge in [-0.3, -0.25) is 0 Å². The van der Waals surface area contributed by atoms with Gasteiger partial charge in [-0.15, -0.1) is 0 Å². The summed E-state index contributed by atoms with van der Waals surface area (Å²) in [5.74, 6) is 0.674. The van der Waals surface area contributed by atoms with Crippen LogP contribution in [-0.4, -0.2) is 33.9 Å². The fourth-order valence-electron chi connectivity index (χ4n) is 3.07. The molecule has 0 saturated carbocycles. The van der Waals surface area contributed by atoms with Gasteiger partial charge in [-0.25, -0.2) is 0 Å². The third-order valence-electron chi connectivity index (χ3n) is 4.10. The van der Waals surface area contributed by atoms with Gasteiger partial charge in [0.1, 0.15) is 0 Å². The third kappa shape index (κ3) is 3.28. The minimum atomic E-state index is 0.442. The molecular formula is C16H26N2O. The van der Waals surface area contributed by atoms with E-state index in [0.717, 1.165) is 26.1 Å². The summed E-state index contributed by atoms with van der Waals surface area (Å²) in [6.07, 6.45) is 2.35. The first-order chi connectivity index (χ1) is 9.30. The van der Waals surface area contributed by atoms with Crippen LogP contribution >= 0.6 is 0 Å². The molecule has 3 heteroatoms. The monoisotopic (exact) mass is 262 g/mol. The molecule has 1 saturated heterocycles. The molecule has 0 aliphatic carbocycles. The van der Waals surface area contributed by atoms with Crippen LogP contribution in [-0.2, 0) is 4.74 Å². The zero-order valence-electron chi connectivity index (χ0n) is 12.4. The second kappa shape index (κ2) is 6.92. The van der Waals surface area contributed by atoms with E-state index in [4.69, 9.17) is 4.74 Å². The lowest BCUT2D eigenvalue weighted by Gasteiger charge is -2.26. The van der Waals surface area contributed by atoms with Crippen LogP contribution in [0.5, 0.6) is 0 Å². The molecule has 1 aromatic carbocycles. The Bertz CT molecular complexity index is 390. The Hall–Kier alpha value is -1.06. The summed E-state index contributed by atoms with van der Waals surface area (Å²) in [5, 5.41) is 3.42. The minimum Gasteiger partial charge on any atom is -0.384 e. The van der Waals surface area contributed by atoms with Crippen LogP contribution < -0.4 is 10.2 Å². The highest BCUT2D eigenvalue weighted by Crippen LogP contribution is 2.31. The van der Waals surface area contributed by atoms with Crippen molar-refractivity contribution in [2.75, 3.05) is 38.8 Å². The van der Waals surface area contributed by atoms with Crippen LogP contribution in [0.25, 0.3) is 0 Å². The molecule has 1 aromatic rings. The molecule has 1 fully saturated rings. The third-order valence-corrected chi connectivity index (χ3v) is 4.10. The maximum atomic E-state index is 5.29. The summed E-state index contributed by atoms with van der Waals surface area (Å²) in [4.78, 5) is 2.51. The average molecular weight is 262 g/mol. The number of ether oxygens (including phenoxy) is 1. The number of para-hydroxylation sites is 1. The lowest BCUT2D eigenvalue weighted by atomic mass is 10.0. The number of hydrogen-bond acceptors (Lipinski definition) is 3. The molecule has 2 atom stereocenters. The maximum absolute atomic E-state index is 5.29. The Labute approximate surface area is 116 Å². The summed E-state index contributed by atoms with van der Waals surface area (Å²) < 4.78 is 5.29. The van der Waals surface area contributed by atoms with Gasteiger partial charge in [0.15, 0.2) is 0 Å². The van der Waals surface area contributed by atoms with E-state index in [1.54, 1.807) is 7.11 Å². The lowest BCUT2D eigenvalue weighted by molar-refractivity contribution is 0.161. The molecule has 3 nitrogen and oxygen atoms in total. The van der Waals surface area contributed by atoms with Crippen molar-refractivity contribution >= 4 is 5.69 Å². The summed E-state index contributed by atoms with van der Waals surface area (Å²) in [6.45, 7) is 5.37. The van der Waals surface area contributed by atoms with E-state index >= 15 is 0 Å². The van der Waals surface area contributed by atoms with E-state index in [1.807, 2.05) is 7.05 Å². The first kappa shape index (κ1) is 14.4. The van der Waals surface area contributed by atoms with Gasteiger partial charge in [0.05, 0.1) is 6.61 Å². The van der Waals surface area contributed by atoms with Crippen molar-refractivity contribution in [2.45, 2.75) is 25.8 Å². The normalized spacial score (nSPS) is 20.8. The second-order valence-corrected chi connectivity index (χ2v) is 5.36. The van der Waals surface area contributed by atoms with Gasteiger partial charge in [0.2, 0.25) is 0 Å². The predicted octanol–water partition coefficient (Wildman–Crippen LogP) is 2.83. The van der Waals surface area contributed by atoms with Crippen molar-refractivity contribution in [2.24, 2.45) is 5.92 Å². The molecule has 1 N–H and O–H groups in total. The standard InChI is InChI=1S/C16H26N2O/c1-4-15(17-2)14-7-5-6-8-16(14)18-10-9-13(11-18)12-19-3/h5-8,13,15,17H,4,9-12H2,1-3H3. The fraction of sp³-hybridized carbons (Fsp3) is 0.625. The van der Waals surface area contributed by atoms with E-state index in [1.165, 1.54) is 17.7 Å². The molecule has 1 aliphatic rings. The molecule has 1 heterocycles. The minimum absolute atomic E-state index is 0.442. The van der Waals surface area contributed by atoms with Crippen LogP contribution in [0.15, 0.2) is 24.3 Å². The van der Waals surface area contributed by atoms with Gasteiger partial charge in [-0.2, -0.15) is 0 Å². The summed E-state index contributed by atoms with van der Waals surface area (Å²) >= 11 is 0. The number of methoxy groups -OCH3 is 1. The average Bonchev–Trinajstić information content (AvgIpc) is 2.90. The van der Waals surface area contributed by atoms with Crippen molar-refractivity contribution < 1.29 is 4.74 Å². The Morgan fingerprint density at radius 3 is 2.89 bits per heavy atom. The molecule has 1 aliphatic heterocycles. The highest BCUT2D eigenvalue weighted by Gasteiger charge is 2.25. The first-order valence-corrected chi connectivity index (χ1v) is 7.30. The molecule has 0 bridgehead atoms. The van der Waals surface area contributed by atoms with Crippen LogP contribution in [0.4, 0.5) is 5.69 Å². The number of benzene rings is 1. The van der Waals surface area contributed by atoms with E-state index < -0.39 is 0 Å². The van der Waals surface area contributed by atoms with Crippen molar-refractivity contribution in [3.8, 4) is 0 Å². The summed E-state index contributed by atoms with van der Waals surface area (Å²) in [5.41, 5.74) is 2.81. The van der Waals surface area contributed by atoms with Crippen molar-refractivity contribution in [3.63, 3.8) is 0 Å². The molecule has 2 rings (SSSR count). The molecule has 19 heavy (non-hydrogen) atoms. The second-order valence-electron chi connectivity index (χ2n) is 5.36. The highest BCUT2D eigenvalue weighted by atomic mass is 16.5. The van der Waals surface area contributed by atoms with Crippen LogP contribution in [0, 0.1) is 5.92 Å². The molecule has 0 aromatic heterocycles. The van der Waals surface area contributed by atoms with E-state index in [9.17, 15) is 0 Å². The molecule has 0 radical (unpaired) electrons. The van der Waals surface area contributed by atoms with E-state index in [0.29, 0.717) is 12.0 Å². The SMILES string of the molecule is CCC(NC)c1ccccc1N1CCC(COC)C1. The van der Waals surface area contributed by atoms with Crippen molar-refractivity contribution in [3.05, 3.63) is 29.8 Å². The molecular weight excluding hydrogens is 236 g/mol. The van der Waals surface area contributed by atoms with Crippen LogP contribution in [0.2, 0.25) is 0 Å². The van der Waals surface area contributed by atoms with Gasteiger partial charge in [-0.1, -0.05) is 25.1 Å². The zero-order chi connectivity index (χ0) is 13.7. The lowest BCUT2D eigenvalue weighted by Crippen LogP contribution is -2.25. The largest absolute Gasteiger partial charge is 0.384 e. The van der Waals surface area contributed by atoms with Gasteiger partial charge >= 0.3 is 0 Å². The predicted molar refractivity (Wildman–Crippen MR) is 80.7 cm³/mol. The Morgan fingerprint density at radius 2 is 2.21 bits per heavy atom. The highest BCUT2D eigenvalue weighted by molar-refractivity contribution is 5.55. The number of hydrogen-bond donors (Lipinski definition) is 1. The number of anilines is 1. The quantitative estimate of drug-likeness (QED) is 0.853. The molecule has 2 unspecified atom stereocenters. The van der Waals surface area contributed by atoms with Crippen LogP contribution in [0.3, 0.4) is 0 Å². The number of nitrogens with zero attached hydrogens (tertiary/aromatic N) is 1. The van der Waals surface area contributed by atoms with Gasteiger partial charge in [-0.05, 0) is 31.5 Å². The fourth-order valence-corrected chi connectivity index (χ4v) is 3.07. The maximum Gasteiger partial charge on any atom is 0.0508 e. The van der Waals surface area contributed by atoms with E-state index in [-0.39, 0.29) is 0 Å². The Kier molecular flexibility index (Phi) is 5.23. The molecule has 0 spiro atoms. The Balaban J connectivity index is 2.16. The smallest absolute Gasteiger partial charge is 0.0508 e. The number of nitrogens with one attached hydrogen (secondary N) is 1. The van der Waals surface area contributed by atoms with E-state index in [2.05, 4.69) is 41.4 Å². The van der Waals surface area contributed by atoms with Crippen LogP contribution in [0.1, 0.15) is 31.4 Å². The van der Waals surface area contributed by atoms with Crippen molar-refractivity contribution in [1.29, 1.82) is 0 Å². The molecule has 106 valence electrons. The Morgan fingerprint density at radius 1 is 1.42 bits per heavy atom.